The van der Waals surface area contributed by atoms with Crippen LogP contribution in [0, 0.1) is 6.92 Å². The van der Waals surface area contributed by atoms with Crippen molar-refractivity contribution in [3.05, 3.63) is 223 Å². The zero-order chi connectivity index (χ0) is 42.3. The molecule has 11 rings (SSSR count). The normalized spacial score (nSPS) is 12.0. The van der Waals surface area contributed by atoms with E-state index in [0.29, 0.717) is 23.4 Å². The number of hydrogen-bond donors (Lipinski definition) is 0. The van der Waals surface area contributed by atoms with E-state index >= 15 is 0 Å². The molecule has 1 atom stereocenters. The first-order valence-electron chi connectivity index (χ1n) is 22.0. The number of hydrogen-bond acceptors (Lipinski definition) is 3. The molecule has 0 saturated heterocycles. The quantitative estimate of drug-likeness (QED) is 0.108. The number of aryl methyl sites for hydroxylation is 1. The topological polar surface area (TPSA) is 38.7 Å². The molecule has 300 valence electrons. The third-order valence-corrected chi connectivity index (χ3v) is 12.9. The van der Waals surface area contributed by atoms with E-state index in [1.807, 2.05) is 24.3 Å². The molecule has 1 heterocycles. The fraction of sp³-hybridized carbons (Fsp3) is 0.0833. The number of nitrogens with zero attached hydrogens (tertiary/aromatic N) is 3. The van der Waals surface area contributed by atoms with Crippen molar-refractivity contribution in [3.8, 4) is 56.4 Å². The average molecular weight is 808 g/mol. The lowest BCUT2D eigenvalue weighted by Crippen LogP contribution is -2.03. The second-order valence-corrected chi connectivity index (χ2v) is 16.7. The van der Waals surface area contributed by atoms with E-state index in [0.717, 1.165) is 35.1 Å². The highest BCUT2D eigenvalue weighted by atomic mass is 15.0. The van der Waals surface area contributed by atoms with Crippen LogP contribution in [0.15, 0.2) is 206 Å². The summed E-state index contributed by atoms with van der Waals surface area (Å²) in [6.07, 6.45) is 1.99. The molecule has 63 heavy (non-hydrogen) atoms. The Labute approximate surface area is 368 Å². The molecule has 0 radical (unpaired) electrons. The van der Waals surface area contributed by atoms with Gasteiger partial charge < -0.3 is 0 Å². The summed E-state index contributed by atoms with van der Waals surface area (Å²) in [5, 5.41) is 10.2. The molecule has 0 aliphatic carbocycles. The molecule has 0 fully saturated rings. The van der Waals surface area contributed by atoms with Crippen molar-refractivity contribution in [2.45, 2.75) is 32.6 Å². The van der Waals surface area contributed by atoms with Crippen LogP contribution in [0.25, 0.3) is 99.5 Å². The molecule has 3 nitrogen and oxygen atoms in total. The lowest BCUT2D eigenvalue weighted by Gasteiger charge is -2.21. The zero-order valence-corrected chi connectivity index (χ0v) is 35.5. The molecule has 0 N–H and O–H groups in total. The Morgan fingerprint density at radius 3 is 1.52 bits per heavy atom. The van der Waals surface area contributed by atoms with E-state index in [4.69, 9.17) is 15.0 Å². The Bertz CT molecular complexity index is 3450. The van der Waals surface area contributed by atoms with E-state index in [2.05, 4.69) is 196 Å². The Hall–Kier alpha value is -7.75. The standard InChI is InChI=1S/C60H45N3/c1-3-40(46-23-15-24-47(36-46)42-19-9-5-10-20-42)35-49-25-16-28-53-51-26-13-14-27-52(51)55-37-48-33-34-50(38-54(48)39(2)56(55)57(49)53)60-62-58(44-21-11-6-12-22-44)61-59(63-60)45-31-29-43(30-32-45)41-17-7-4-8-18-41/h4-34,36-38,40H,3,35H2,1-2H3. The molecule has 0 amide bonds. The van der Waals surface area contributed by atoms with E-state index in [1.54, 1.807) is 0 Å². The molecule has 11 aromatic rings. The van der Waals surface area contributed by atoms with Crippen molar-refractivity contribution >= 4 is 43.1 Å². The Kier molecular flexibility index (Phi) is 9.86. The summed E-state index contributed by atoms with van der Waals surface area (Å²) in [6, 6.07) is 74.1. The van der Waals surface area contributed by atoms with Gasteiger partial charge in [-0.25, -0.2) is 15.0 Å². The van der Waals surface area contributed by atoms with Crippen molar-refractivity contribution in [2.75, 3.05) is 0 Å². The zero-order valence-electron chi connectivity index (χ0n) is 35.5. The van der Waals surface area contributed by atoms with E-state index in [-0.39, 0.29) is 0 Å². The Morgan fingerprint density at radius 1 is 0.365 bits per heavy atom. The summed E-state index contributed by atoms with van der Waals surface area (Å²) in [7, 11) is 0. The van der Waals surface area contributed by atoms with Crippen molar-refractivity contribution in [2.24, 2.45) is 0 Å². The monoisotopic (exact) mass is 807 g/mol. The minimum absolute atomic E-state index is 0.361. The van der Waals surface area contributed by atoms with Crippen molar-refractivity contribution < 1.29 is 0 Å². The molecule has 0 spiro atoms. The number of rotatable bonds is 9. The van der Waals surface area contributed by atoms with Gasteiger partial charge in [0.2, 0.25) is 0 Å². The van der Waals surface area contributed by atoms with Gasteiger partial charge >= 0.3 is 0 Å². The van der Waals surface area contributed by atoms with Gasteiger partial charge in [-0.05, 0) is 120 Å². The molecular formula is C60H45N3. The first-order chi connectivity index (χ1) is 31.1. The largest absolute Gasteiger partial charge is 0.208 e. The molecule has 10 aromatic carbocycles. The smallest absolute Gasteiger partial charge is 0.164 e. The lowest BCUT2D eigenvalue weighted by atomic mass is 9.83. The number of aromatic nitrogens is 3. The van der Waals surface area contributed by atoms with E-state index in [1.165, 1.54) is 76.5 Å². The van der Waals surface area contributed by atoms with Crippen LogP contribution in [0.4, 0.5) is 0 Å². The lowest BCUT2D eigenvalue weighted by molar-refractivity contribution is 0.663. The number of fused-ring (bicyclic) bond motifs is 7. The second kappa shape index (κ2) is 16.3. The molecule has 3 heteroatoms. The fourth-order valence-electron chi connectivity index (χ4n) is 9.65. The third-order valence-electron chi connectivity index (χ3n) is 12.9. The maximum absolute atomic E-state index is 5.18. The summed E-state index contributed by atoms with van der Waals surface area (Å²) in [5.74, 6) is 2.31. The molecule has 0 bridgehead atoms. The van der Waals surface area contributed by atoms with Crippen LogP contribution >= 0.6 is 0 Å². The summed E-state index contributed by atoms with van der Waals surface area (Å²) >= 11 is 0. The molecule has 0 aliphatic rings. The molecule has 1 aromatic heterocycles. The maximum Gasteiger partial charge on any atom is 0.164 e. The minimum atomic E-state index is 0.361. The van der Waals surface area contributed by atoms with Crippen LogP contribution in [0.2, 0.25) is 0 Å². The van der Waals surface area contributed by atoms with Gasteiger partial charge in [0.15, 0.2) is 17.5 Å². The van der Waals surface area contributed by atoms with Crippen molar-refractivity contribution in [1.82, 2.24) is 15.0 Å². The summed E-state index contributed by atoms with van der Waals surface area (Å²) in [4.78, 5) is 15.4. The van der Waals surface area contributed by atoms with Gasteiger partial charge in [0, 0.05) is 16.7 Å². The van der Waals surface area contributed by atoms with Crippen LogP contribution < -0.4 is 0 Å². The van der Waals surface area contributed by atoms with Crippen LogP contribution in [-0.2, 0) is 6.42 Å². The van der Waals surface area contributed by atoms with Crippen LogP contribution in [-0.4, -0.2) is 15.0 Å². The van der Waals surface area contributed by atoms with Gasteiger partial charge in [0.05, 0.1) is 0 Å². The van der Waals surface area contributed by atoms with Crippen molar-refractivity contribution in [1.29, 1.82) is 0 Å². The Morgan fingerprint density at radius 2 is 0.857 bits per heavy atom. The van der Waals surface area contributed by atoms with Gasteiger partial charge in [-0.3, -0.25) is 0 Å². The van der Waals surface area contributed by atoms with Gasteiger partial charge in [0.25, 0.3) is 0 Å². The molecule has 1 unspecified atom stereocenters. The summed E-state index contributed by atoms with van der Waals surface area (Å²) in [6.45, 7) is 4.64. The summed E-state index contributed by atoms with van der Waals surface area (Å²) in [5.41, 5.74) is 11.7. The van der Waals surface area contributed by atoms with Crippen LogP contribution in [0.5, 0.6) is 0 Å². The van der Waals surface area contributed by atoms with Gasteiger partial charge in [0.1, 0.15) is 0 Å². The highest BCUT2D eigenvalue weighted by molar-refractivity contribution is 6.29. The highest BCUT2D eigenvalue weighted by Gasteiger charge is 2.20. The molecule has 0 aliphatic heterocycles. The van der Waals surface area contributed by atoms with Crippen LogP contribution in [0.3, 0.4) is 0 Å². The fourth-order valence-corrected chi connectivity index (χ4v) is 9.65. The van der Waals surface area contributed by atoms with Crippen LogP contribution in [0.1, 0.15) is 36.0 Å². The Balaban J connectivity index is 1.07. The van der Waals surface area contributed by atoms with E-state index < -0.39 is 0 Å². The summed E-state index contributed by atoms with van der Waals surface area (Å²) < 4.78 is 0. The number of benzene rings is 10. The molecule has 0 saturated carbocycles. The minimum Gasteiger partial charge on any atom is -0.208 e. The van der Waals surface area contributed by atoms with Gasteiger partial charge in [-0.1, -0.05) is 201 Å². The average Bonchev–Trinajstić information content (AvgIpc) is 3.36. The third kappa shape index (κ3) is 7.12. The first-order valence-corrected chi connectivity index (χ1v) is 22.0. The maximum atomic E-state index is 5.18. The van der Waals surface area contributed by atoms with Gasteiger partial charge in [-0.15, -0.1) is 0 Å². The van der Waals surface area contributed by atoms with Crippen molar-refractivity contribution in [3.63, 3.8) is 0 Å². The van der Waals surface area contributed by atoms with Gasteiger partial charge in [-0.2, -0.15) is 0 Å². The SMILES string of the molecule is CCC(Cc1cccc2c3ccccc3c3cc4ccc(-c5nc(-c6ccccc6)nc(-c6ccc(-c7ccccc7)cc6)n5)cc4c(C)c3c12)c1cccc(-c2ccccc2)c1. The highest BCUT2D eigenvalue weighted by Crippen LogP contribution is 2.43. The predicted molar refractivity (Wildman–Crippen MR) is 265 cm³/mol. The predicted octanol–water partition coefficient (Wildman–Crippen LogP) is 15.9. The molecular weight excluding hydrogens is 763 g/mol. The second-order valence-electron chi connectivity index (χ2n) is 16.7. The first kappa shape index (κ1) is 38.2. The van der Waals surface area contributed by atoms with E-state index in [9.17, 15) is 0 Å².